The molecule has 0 atom stereocenters. The topological polar surface area (TPSA) is 102 Å². The number of rotatable bonds is 4. The van der Waals surface area contributed by atoms with E-state index in [0.29, 0.717) is 4.47 Å². The fourth-order valence-electron chi connectivity index (χ4n) is 1.42. The zero-order chi connectivity index (χ0) is 15.6. The van der Waals surface area contributed by atoms with Crippen molar-refractivity contribution in [2.45, 2.75) is 4.90 Å². The van der Waals surface area contributed by atoms with Crippen LogP contribution >= 0.6 is 15.9 Å². The molecule has 1 aromatic carbocycles. The molecule has 0 aliphatic carbocycles. The summed E-state index contributed by atoms with van der Waals surface area (Å²) in [7, 11) is -4.03. The van der Waals surface area contributed by atoms with Crippen LogP contribution in [0.5, 0.6) is 0 Å². The monoisotopic (exact) mass is 375 g/mol. The van der Waals surface area contributed by atoms with Gasteiger partial charge >= 0.3 is 5.82 Å². The van der Waals surface area contributed by atoms with E-state index in [2.05, 4.69) is 25.6 Å². The van der Waals surface area contributed by atoms with Crippen LogP contribution in [-0.2, 0) is 10.0 Å². The first kappa shape index (κ1) is 15.3. The van der Waals surface area contributed by atoms with Crippen LogP contribution in [0, 0.1) is 15.9 Å². The Morgan fingerprint density at radius 1 is 1.29 bits per heavy atom. The van der Waals surface area contributed by atoms with Crippen LogP contribution in [0.4, 0.5) is 15.9 Å². The van der Waals surface area contributed by atoms with Gasteiger partial charge in [-0.2, -0.15) is 0 Å². The lowest BCUT2D eigenvalue weighted by molar-refractivity contribution is -0.389. The molecule has 110 valence electrons. The molecule has 1 aromatic heterocycles. The van der Waals surface area contributed by atoms with Gasteiger partial charge in [0.15, 0.2) is 6.20 Å². The second-order valence-corrected chi connectivity index (χ2v) is 6.38. The molecule has 10 heteroatoms. The highest BCUT2D eigenvalue weighted by atomic mass is 79.9. The summed E-state index contributed by atoms with van der Waals surface area (Å²) in [6, 6.07) is 5.52. The highest BCUT2D eigenvalue weighted by Gasteiger charge is 2.19. The van der Waals surface area contributed by atoms with Crippen molar-refractivity contribution < 1.29 is 17.7 Å². The van der Waals surface area contributed by atoms with Gasteiger partial charge in [-0.1, -0.05) is 0 Å². The number of halogens is 2. The van der Waals surface area contributed by atoms with Crippen LogP contribution in [0.25, 0.3) is 0 Å². The molecule has 21 heavy (non-hydrogen) atoms. The van der Waals surface area contributed by atoms with Crippen molar-refractivity contribution >= 4 is 37.5 Å². The van der Waals surface area contributed by atoms with Gasteiger partial charge < -0.3 is 10.1 Å². The molecule has 0 unspecified atom stereocenters. The van der Waals surface area contributed by atoms with Gasteiger partial charge in [0.2, 0.25) is 0 Å². The number of aromatic nitrogens is 1. The normalized spacial score (nSPS) is 11.1. The molecule has 7 nitrogen and oxygen atoms in total. The zero-order valence-corrected chi connectivity index (χ0v) is 12.6. The minimum Gasteiger partial charge on any atom is -0.358 e. The Labute approximate surface area is 127 Å². The van der Waals surface area contributed by atoms with E-state index < -0.39 is 26.6 Å². The first-order chi connectivity index (χ1) is 9.79. The summed E-state index contributed by atoms with van der Waals surface area (Å²) >= 11 is 3.09. The highest BCUT2D eigenvalue weighted by molar-refractivity contribution is 9.10. The summed E-state index contributed by atoms with van der Waals surface area (Å²) in [6.07, 6.45) is 0.855. The molecule has 0 radical (unpaired) electrons. The molecule has 0 fully saturated rings. The number of pyridine rings is 1. The Morgan fingerprint density at radius 3 is 2.57 bits per heavy atom. The Morgan fingerprint density at radius 2 is 2.00 bits per heavy atom. The number of anilines is 1. The predicted molar refractivity (Wildman–Crippen MR) is 75.8 cm³/mol. The average Bonchev–Trinajstić information content (AvgIpc) is 2.43. The van der Waals surface area contributed by atoms with Crippen molar-refractivity contribution in [3.8, 4) is 0 Å². The maximum absolute atomic E-state index is 13.1. The number of nitrogens with one attached hydrogen (secondary N) is 1. The molecule has 0 amide bonds. The fourth-order valence-corrected chi connectivity index (χ4v) is 2.91. The average molecular weight is 376 g/mol. The van der Waals surface area contributed by atoms with E-state index >= 15 is 0 Å². The van der Waals surface area contributed by atoms with Crippen molar-refractivity contribution in [3.63, 3.8) is 0 Å². The van der Waals surface area contributed by atoms with Gasteiger partial charge in [0.25, 0.3) is 10.0 Å². The third-order valence-corrected chi connectivity index (χ3v) is 4.43. The summed E-state index contributed by atoms with van der Waals surface area (Å²) in [5.74, 6) is -1.08. The minimum absolute atomic E-state index is 0.00773. The van der Waals surface area contributed by atoms with Gasteiger partial charge in [0.1, 0.15) is 10.7 Å². The number of hydrogen-bond donors (Lipinski definition) is 1. The maximum Gasteiger partial charge on any atom is 0.363 e. The van der Waals surface area contributed by atoms with Crippen LogP contribution in [0.3, 0.4) is 0 Å². The van der Waals surface area contributed by atoms with Crippen molar-refractivity contribution in [2.24, 2.45) is 0 Å². The van der Waals surface area contributed by atoms with Crippen molar-refractivity contribution in [1.82, 2.24) is 4.98 Å². The Kier molecular flexibility index (Phi) is 4.19. The molecule has 2 rings (SSSR count). The lowest BCUT2D eigenvalue weighted by atomic mass is 10.3. The first-order valence-corrected chi connectivity index (χ1v) is 7.65. The van der Waals surface area contributed by atoms with E-state index in [1.165, 1.54) is 6.07 Å². The number of nitro groups is 1. The molecular weight excluding hydrogens is 369 g/mol. The molecule has 0 aliphatic rings. The van der Waals surface area contributed by atoms with Crippen molar-refractivity contribution in [2.75, 3.05) is 4.72 Å². The third kappa shape index (κ3) is 3.52. The second-order valence-electron chi connectivity index (χ2n) is 3.84. The predicted octanol–water partition coefficient (Wildman–Crippen LogP) is 2.69. The lowest BCUT2D eigenvalue weighted by Gasteiger charge is -2.08. The smallest absolute Gasteiger partial charge is 0.358 e. The van der Waals surface area contributed by atoms with Gasteiger partial charge in [0, 0.05) is 10.5 Å². The molecule has 0 saturated heterocycles. The molecule has 0 bridgehead atoms. The van der Waals surface area contributed by atoms with E-state index in [4.69, 9.17) is 0 Å². The summed E-state index contributed by atoms with van der Waals surface area (Å²) in [4.78, 5) is 12.9. The number of nitrogens with zero attached hydrogens (tertiary/aromatic N) is 2. The molecule has 0 saturated carbocycles. The second kappa shape index (κ2) is 5.74. The Balaban J connectivity index is 2.34. The van der Waals surface area contributed by atoms with E-state index in [1.54, 1.807) is 0 Å². The number of hydrogen-bond acceptors (Lipinski definition) is 5. The van der Waals surface area contributed by atoms with Crippen LogP contribution in [0.1, 0.15) is 0 Å². The zero-order valence-electron chi connectivity index (χ0n) is 10.2. The van der Waals surface area contributed by atoms with E-state index in [1.807, 2.05) is 0 Å². The van der Waals surface area contributed by atoms with Crippen LogP contribution in [0.2, 0.25) is 0 Å². The molecule has 0 aliphatic heterocycles. The van der Waals surface area contributed by atoms with Gasteiger partial charge in [-0.05, 0) is 50.1 Å². The molecule has 2 aromatic rings. The van der Waals surface area contributed by atoms with Crippen molar-refractivity contribution in [3.05, 3.63) is 56.9 Å². The van der Waals surface area contributed by atoms with Crippen molar-refractivity contribution in [1.29, 1.82) is 0 Å². The lowest BCUT2D eigenvalue weighted by Crippen LogP contribution is -2.14. The van der Waals surface area contributed by atoms with E-state index in [0.717, 1.165) is 30.5 Å². The van der Waals surface area contributed by atoms with E-state index in [-0.39, 0.29) is 10.6 Å². The van der Waals surface area contributed by atoms with E-state index in [9.17, 15) is 22.9 Å². The Hall–Kier alpha value is -2.07. The maximum atomic E-state index is 13.1. The molecule has 0 spiro atoms. The third-order valence-electron chi connectivity index (χ3n) is 2.39. The largest absolute Gasteiger partial charge is 0.363 e. The standard InChI is InChI=1S/C11H7BrFN3O4S/c12-9-3-1-7(13)5-10(9)15-21(19,20)8-2-4-11(14-6-8)16(17)18/h1-6,15H. The molecular formula is C11H7BrFN3O4S. The van der Waals surface area contributed by atoms with Gasteiger partial charge in [-0.25, -0.2) is 12.8 Å². The van der Waals surface area contributed by atoms with Crippen LogP contribution in [-0.4, -0.2) is 18.3 Å². The van der Waals surface area contributed by atoms with Crippen LogP contribution in [0.15, 0.2) is 45.9 Å². The summed E-state index contributed by atoms with van der Waals surface area (Å²) in [6.45, 7) is 0. The molecule has 1 N–H and O–H groups in total. The van der Waals surface area contributed by atoms with Gasteiger partial charge in [-0.15, -0.1) is 0 Å². The summed E-state index contributed by atoms with van der Waals surface area (Å²) in [5, 5.41) is 10.5. The van der Waals surface area contributed by atoms with Gasteiger partial charge in [0.05, 0.1) is 5.69 Å². The van der Waals surface area contributed by atoms with Gasteiger partial charge in [-0.3, -0.25) is 4.72 Å². The Bertz CT molecular complexity index is 796. The number of sulfonamides is 1. The first-order valence-electron chi connectivity index (χ1n) is 5.38. The summed E-state index contributed by atoms with van der Waals surface area (Å²) < 4.78 is 39.8. The fraction of sp³-hybridized carbons (Fsp3) is 0. The minimum atomic E-state index is -4.03. The SMILES string of the molecule is O=[N+]([O-])c1ccc(S(=O)(=O)Nc2cc(F)ccc2Br)cn1. The number of benzene rings is 1. The molecule has 1 heterocycles. The highest BCUT2D eigenvalue weighted by Crippen LogP contribution is 2.26. The summed E-state index contributed by atoms with van der Waals surface area (Å²) in [5.41, 5.74) is 0.00773. The quantitative estimate of drug-likeness (QED) is 0.653. The van der Waals surface area contributed by atoms with Crippen LogP contribution < -0.4 is 4.72 Å².